The van der Waals surface area contributed by atoms with E-state index in [-0.39, 0.29) is 12.6 Å². The molecule has 1 N–H and O–H groups in total. The summed E-state index contributed by atoms with van der Waals surface area (Å²) in [6.07, 6.45) is 0.724. The fourth-order valence-electron chi connectivity index (χ4n) is 2.87. The van der Waals surface area contributed by atoms with Gasteiger partial charge in [-0.25, -0.2) is 8.78 Å². The molecule has 0 aliphatic carbocycles. The van der Waals surface area contributed by atoms with Gasteiger partial charge in [-0.3, -0.25) is 14.6 Å². The molecule has 0 radical (unpaired) electrons. The highest BCUT2D eigenvalue weighted by atomic mass is 19.1. The van der Waals surface area contributed by atoms with Crippen LogP contribution in [0.4, 0.5) is 8.78 Å². The van der Waals surface area contributed by atoms with Crippen LogP contribution in [0.25, 0.3) is 0 Å². The molecule has 1 aliphatic rings. The Hall–Kier alpha value is -1.53. The summed E-state index contributed by atoms with van der Waals surface area (Å²) >= 11 is 0. The summed E-state index contributed by atoms with van der Waals surface area (Å²) in [6, 6.07) is 3.60. The van der Waals surface area contributed by atoms with Crippen LogP contribution in [0, 0.1) is 11.6 Å². The second kappa shape index (κ2) is 6.95. The molecule has 116 valence electrons. The van der Waals surface area contributed by atoms with Gasteiger partial charge in [0.25, 0.3) is 0 Å². The van der Waals surface area contributed by atoms with Gasteiger partial charge < -0.3 is 5.11 Å². The average Bonchev–Trinajstić information content (AvgIpc) is 2.43. The van der Waals surface area contributed by atoms with Crippen LogP contribution in [-0.2, 0) is 4.79 Å². The fraction of sp³-hybridized carbons (Fsp3) is 0.533. The lowest BCUT2D eigenvalue weighted by Gasteiger charge is -2.38. The van der Waals surface area contributed by atoms with Gasteiger partial charge in [0.15, 0.2) is 0 Å². The van der Waals surface area contributed by atoms with Crippen molar-refractivity contribution in [1.82, 2.24) is 9.80 Å². The molecule has 0 unspecified atom stereocenters. The molecule has 2 rings (SSSR count). The summed E-state index contributed by atoms with van der Waals surface area (Å²) in [5, 5.41) is 8.79. The third kappa shape index (κ3) is 3.98. The standard InChI is InChI=1S/C15H20F2N2O2/c1-2-14(12-4-3-11(16)9-13(12)17)19-7-5-18(6-8-19)10-15(20)21/h3-4,9,14H,2,5-8,10H2,1H3,(H,20,21)/t14-/m1/s1. The van der Waals surface area contributed by atoms with E-state index in [1.807, 2.05) is 11.8 Å². The Morgan fingerprint density at radius 3 is 2.48 bits per heavy atom. The Morgan fingerprint density at radius 2 is 1.95 bits per heavy atom. The number of carboxylic acids is 1. The summed E-state index contributed by atoms with van der Waals surface area (Å²) in [7, 11) is 0. The zero-order valence-electron chi connectivity index (χ0n) is 12.1. The number of carboxylic acid groups (broad SMARTS) is 1. The van der Waals surface area contributed by atoms with Crippen LogP contribution in [-0.4, -0.2) is 53.6 Å². The summed E-state index contributed by atoms with van der Waals surface area (Å²) < 4.78 is 27.0. The molecule has 4 nitrogen and oxygen atoms in total. The van der Waals surface area contributed by atoms with E-state index in [0.717, 1.165) is 12.5 Å². The second-order valence-electron chi connectivity index (χ2n) is 5.30. The van der Waals surface area contributed by atoms with Gasteiger partial charge in [0, 0.05) is 43.9 Å². The number of rotatable bonds is 5. The van der Waals surface area contributed by atoms with Gasteiger partial charge in [-0.2, -0.15) is 0 Å². The highest BCUT2D eigenvalue weighted by Crippen LogP contribution is 2.27. The number of hydrogen-bond acceptors (Lipinski definition) is 3. The molecule has 6 heteroatoms. The van der Waals surface area contributed by atoms with Crippen molar-refractivity contribution in [2.24, 2.45) is 0 Å². The van der Waals surface area contributed by atoms with Crippen molar-refractivity contribution in [2.45, 2.75) is 19.4 Å². The van der Waals surface area contributed by atoms with Crippen LogP contribution < -0.4 is 0 Å². The molecule has 1 saturated heterocycles. The number of carbonyl (C=O) groups is 1. The maximum Gasteiger partial charge on any atom is 0.317 e. The zero-order chi connectivity index (χ0) is 15.4. The van der Waals surface area contributed by atoms with Crippen molar-refractivity contribution in [3.8, 4) is 0 Å². The summed E-state index contributed by atoms with van der Waals surface area (Å²) in [6.45, 7) is 4.66. The van der Waals surface area contributed by atoms with Gasteiger partial charge in [-0.1, -0.05) is 13.0 Å². The minimum absolute atomic E-state index is 0.0372. The van der Waals surface area contributed by atoms with E-state index in [2.05, 4.69) is 4.90 Å². The highest BCUT2D eigenvalue weighted by Gasteiger charge is 2.26. The molecule has 1 atom stereocenters. The van der Waals surface area contributed by atoms with Crippen LogP contribution >= 0.6 is 0 Å². The molecule has 0 bridgehead atoms. The molecule has 21 heavy (non-hydrogen) atoms. The minimum atomic E-state index is -0.833. The van der Waals surface area contributed by atoms with Crippen molar-refractivity contribution < 1.29 is 18.7 Å². The highest BCUT2D eigenvalue weighted by molar-refractivity contribution is 5.69. The number of halogens is 2. The Bertz CT molecular complexity index is 502. The van der Waals surface area contributed by atoms with Gasteiger partial charge in [-0.15, -0.1) is 0 Å². The lowest BCUT2D eigenvalue weighted by atomic mass is 10.0. The summed E-state index contributed by atoms with van der Waals surface area (Å²) in [5.41, 5.74) is 0.505. The van der Waals surface area contributed by atoms with Crippen molar-refractivity contribution in [3.05, 3.63) is 35.4 Å². The SMILES string of the molecule is CC[C@H](c1ccc(F)cc1F)N1CCN(CC(=O)O)CC1. The summed E-state index contributed by atoms with van der Waals surface area (Å²) in [4.78, 5) is 14.7. The van der Waals surface area contributed by atoms with E-state index in [0.29, 0.717) is 31.7 Å². The Morgan fingerprint density at radius 1 is 1.29 bits per heavy atom. The van der Waals surface area contributed by atoms with Crippen molar-refractivity contribution in [3.63, 3.8) is 0 Å². The smallest absolute Gasteiger partial charge is 0.317 e. The Balaban J connectivity index is 2.04. The topological polar surface area (TPSA) is 43.8 Å². The molecule has 1 fully saturated rings. The fourth-order valence-corrected chi connectivity index (χ4v) is 2.87. The van der Waals surface area contributed by atoms with E-state index in [9.17, 15) is 13.6 Å². The molecule has 1 aromatic carbocycles. The molecule has 1 heterocycles. The number of hydrogen-bond donors (Lipinski definition) is 1. The van der Waals surface area contributed by atoms with E-state index in [1.165, 1.54) is 12.1 Å². The zero-order valence-corrected chi connectivity index (χ0v) is 12.1. The predicted octanol–water partition coefficient (Wildman–Crippen LogP) is 2.12. The van der Waals surface area contributed by atoms with Crippen LogP contribution in [0.2, 0.25) is 0 Å². The third-order valence-electron chi connectivity index (χ3n) is 3.91. The van der Waals surface area contributed by atoms with Gasteiger partial charge >= 0.3 is 5.97 Å². The summed E-state index contributed by atoms with van der Waals surface area (Å²) in [5.74, 6) is -1.92. The van der Waals surface area contributed by atoms with E-state index in [1.54, 1.807) is 0 Å². The first kappa shape index (κ1) is 15.9. The number of aliphatic carboxylic acids is 1. The number of benzene rings is 1. The van der Waals surface area contributed by atoms with Gasteiger partial charge in [-0.05, 0) is 12.5 Å². The number of nitrogens with zero attached hydrogens (tertiary/aromatic N) is 2. The van der Waals surface area contributed by atoms with Crippen molar-refractivity contribution >= 4 is 5.97 Å². The first-order valence-electron chi connectivity index (χ1n) is 7.14. The maximum absolute atomic E-state index is 13.9. The molecule has 1 aliphatic heterocycles. The van der Waals surface area contributed by atoms with Crippen molar-refractivity contribution in [1.29, 1.82) is 0 Å². The van der Waals surface area contributed by atoms with E-state index in [4.69, 9.17) is 5.11 Å². The minimum Gasteiger partial charge on any atom is -0.480 e. The third-order valence-corrected chi connectivity index (χ3v) is 3.91. The quantitative estimate of drug-likeness (QED) is 0.904. The first-order valence-corrected chi connectivity index (χ1v) is 7.14. The normalized spacial score (nSPS) is 18.6. The molecule has 0 saturated carbocycles. The Labute approximate surface area is 123 Å². The molecular weight excluding hydrogens is 278 g/mol. The molecule has 0 aromatic heterocycles. The largest absolute Gasteiger partial charge is 0.480 e. The van der Waals surface area contributed by atoms with Crippen molar-refractivity contribution in [2.75, 3.05) is 32.7 Å². The molecule has 1 aromatic rings. The van der Waals surface area contributed by atoms with Gasteiger partial charge in [0.1, 0.15) is 11.6 Å². The average molecular weight is 298 g/mol. The van der Waals surface area contributed by atoms with Crippen LogP contribution in [0.15, 0.2) is 18.2 Å². The second-order valence-corrected chi connectivity index (χ2v) is 5.30. The van der Waals surface area contributed by atoms with E-state index < -0.39 is 17.6 Å². The first-order chi connectivity index (χ1) is 10.0. The number of piperazine rings is 1. The van der Waals surface area contributed by atoms with Crippen LogP contribution in [0.5, 0.6) is 0 Å². The predicted molar refractivity (Wildman–Crippen MR) is 75.0 cm³/mol. The molecule has 0 spiro atoms. The Kier molecular flexibility index (Phi) is 5.25. The maximum atomic E-state index is 13.9. The van der Waals surface area contributed by atoms with E-state index >= 15 is 0 Å². The monoisotopic (exact) mass is 298 g/mol. The van der Waals surface area contributed by atoms with Gasteiger partial charge in [0.05, 0.1) is 6.54 Å². The molecule has 0 amide bonds. The lowest BCUT2D eigenvalue weighted by Crippen LogP contribution is -2.49. The van der Waals surface area contributed by atoms with Crippen LogP contribution in [0.3, 0.4) is 0 Å². The lowest BCUT2D eigenvalue weighted by molar-refractivity contribution is -0.138. The van der Waals surface area contributed by atoms with Gasteiger partial charge in [0.2, 0.25) is 0 Å². The molecular formula is C15H20F2N2O2. The van der Waals surface area contributed by atoms with Crippen LogP contribution in [0.1, 0.15) is 24.9 Å².